The summed E-state index contributed by atoms with van der Waals surface area (Å²) in [5, 5.41) is 3.03. The molecule has 0 saturated heterocycles. The van der Waals surface area contributed by atoms with E-state index in [4.69, 9.17) is 5.73 Å². The molecular weight excluding hydrogens is 450 g/mol. The molecule has 1 aliphatic heterocycles. The Morgan fingerprint density at radius 1 is 1.00 bits per heavy atom. The molecule has 2 saturated carbocycles. The van der Waals surface area contributed by atoms with E-state index in [1.54, 1.807) is 18.2 Å². The number of amides is 3. The smallest absolute Gasteiger partial charge is 0.256 e. The van der Waals surface area contributed by atoms with Gasteiger partial charge in [-0.3, -0.25) is 14.4 Å². The van der Waals surface area contributed by atoms with E-state index in [0.717, 1.165) is 30.4 Å². The highest BCUT2D eigenvalue weighted by molar-refractivity contribution is 6.22. The van der Waals surface area contributed by atoms with Gasteiger partial charge in [0.1, 0.15) is 6.04 Å². The van der Waals surface area contributed by atoms with Gasteiger partial charge in [-0.15, -0.1) is 0 Å². The number of fused-ring (bicyclic) bond motifs is 3. The third-order valence-corrected chi connectivity index (χ3v) is 8.22. The third kappa shape index (κ3) is 5.04. The minimum Gasteiger partial charge on any atom is -0.398 e. The number of imide groups is 1. The predicted molar refractivity (Wildman–Crippen MR) is 142 cm³/mol. The number of hydrogen-bond donors (Lipinski definition) is 2. The van der Waals surface area contributed by atoms with Crippen LogP contribution in [-0.2, 0) is 14.4 Å². The number of carbonyl (C=O) groups excluding carboxylic acids is 3. The van der Waals surface area contributed by atoms with E-state index in [0.29, 0.717) is 41.6 Å². The quantitative estimate of drug-likeness (QED) is 0.500. The summed E-state index contributed by atoms with van der Waals surface area (Å²) in [6.45, 7) is 1.84. The van der Waals surface area contributed by atoms with Crippen LogP contribution < -0.4 is 16.0 Å². The van der Waals surface area contributed by atoms with Gasteiger partial charge >= 0.3 is 0 Å². The first-order valence-corrected chi connectivity index (χ1v) is 13.6. The van der Waals surface area contributed by atoms with Crippen LogP contribution in [0.25, 0.3) is 11.1 Å². The largest absolute Gasteiger partial charge is 0.398 e. The SMILES string of the molecule is CC1C(=O)N(C(=O)[C@H](CCC2CCCCC2)NC(=O)CC2CC2)c2cccc(N)c2-c2ccccc21. The van der Waals surface area contributed by atoms with E-state index < -0.39 is 12.0 Å². The van der Waals surface area contributed by atoms with Crippen LogP contribution in [0.15, 0.2) is 42.5 Å². The van der Waals surface area contributed by atoms with Crippen molar-refractivity contribution in [3.63, 3.8) is 0 Å². The normalized spacial score (nSPS) is 20.8. The van der Waals surface area contributed by atoms with E-state index in [1.165, 1.54) is 37.0 Å². The van der Waals surface area contributed by atoms with Gasteiger partial charge < -0.3 is 11.1 Å². The number of nitrogens with two attached hydrogens (primary N) is 1. The standard InChI is InChI=1S/C30H37N3O3/c1-19-22-10-5-6-11-23(22)28-24(31)12-7-13-26(28)33(29(19)35)30(36)25(32-27(34)18-21-14-15-21)17-16-20-8-3-2-4-9-20/h5-7,10-13,19-21,25H,2-4,8-9,14-18,31H2,1H3,(H,32,34)/t19?,25-/m0/s1. The molecule has 2 aromatic rings. The summed E-state index contributed by atoms with van der Waals surface area (Å²) in [7, 11) is 0. The Morgan fingerprint density at radius 2 is 1.75 bits per heavy atom. The van der Waals surface area contributed by atoms with Gasteiger partial charge in [0.25, 0.3) is 5.91 Å². The molecule has 1 unspecified atom stereocenters. The van der Waals surface area contributed by atoms with Crippen molar-refractivity contribution < 1.29 is 14.4 Å². The molecule has 36 heavy (non-hydrogen) atoms. The zero-order valence-corrected chi connectivity index (χ0v) is 21.2. The summed E-state index contributed by atoms with van der Waals surface area (Å²) >= 11 is 0. The second-order valence-electron chi connectivity index (χ2n) is 10.9. The Kier molecular flexibility index (Phi) is 7.13. The first-order valence-electron chi connectivity index (χ1n) is 13.6. The Morgan fingerprint density at radius 3 is 2.50 bits per heavy atom. The maximum atomic E-state index is 14.2. The molecule has 1 heterocycles. The van der Waals surface area contributed by atoms with Gasteiger partial charge in [0, 0.05) is 17.7 Å². The maximum absolute atomic E-state index is 14.2. The number of nitrogens with zero attached hydrogens (tertiary/aromatic N) is 1. The third-order valence-electron chi connectivity index (χ3n) is 8.22. The topological polar surface area (TPSA) is 92.5 Å². The lowest BCUT2D eigenvalue weighted by Crippen LogP contribution is -2.51. The van der Waals surface area contributed by atoms with Crippen molar-refractivity contribution >= 4 is 29.1 Å². The molecule has 5 rings (SSSR count). The summed E-state index contributed by atoms with van der Waals surface area (Å²) in [5.74, 6) is -0.249. The molecular formula is C30H37N3O3. The van der Waals surface area contributed by atoms with E-state index in [1.807, 2.05) is 31.2 Å². The molecule has 0 bridgehead atoms. The van der Waals surface area contributed by atoms with Gasteiger partial charge in [-0.1, -0.05) is 62.4 Å². The Hall–Kier alpha value is -3.15. The van der Waals surface area contributed by atoms with Crippen molar-refractivity contribution in [3.05, 3.63) is 48.0 Å². The average molecular weight is 488 g/mol. The van der Waals surface area contributed by atoms with E-state index >= 15 is 0 Å². The Bertz CT molecular complexity index is 1150. The lowest BCUT2D eigenvalue weighted by Gasteiger charge is -2.29. The van der Waals surface area contributed by atoms with Crippen molar-refractivity contribution in [2.75, 3.05) is 10.6 Å². The highest BCUT2D eigenvalue weighted by atomic mass is 16.2. The van der Waals surface area contributed by atoms with Crippen LogP contribution in [0.2, 0.25) is 0 Å². The molecule has 3 aliphatic rings. The van der Waals surface area contributed by atoms with Crippen LogP contribution in [-0.4, -0.2) is 23.8 Å². The number of rotatable bonds is 7. The first kappa shape index (κ1) is 24.5. The van der Waals surface area contributed by atoms with Crippen molar-refractivity contribution in [2.45, 2.75) is 83.1 Å². The molecule has 0 aromatic heterocycles. The number of anilines is 2. The Balaban J connectivity index is 1.48. The van der Waals surface area contributed by atoms with Crippen molar-refractivity contribution in [2.24, 2.45) is 11.8 Å². The first-order chi connectivity index (χ1) is 17.4. The highest BCUT2D eigenvalue weighted by Gasteiger charge is 2.39. The van der Waals surface area contributed by atoms with Gasteiger partial charge in [-0.05, 0) is 67.7 Å². The van der Waals surface area contributed by atoms with Gasteiger partial charge in [-0.2, -0.15) is 0 Å². The molecule has 3 N–H and O–H groups in total. The summed E-state index contributed by atoms with van der Waals surface area (Å²) in [4.78, 5) is 42.2. The molecule has 0 spiro atoms. The average Bonchev–Trinajstić information content (AvgIpc) is 3.71. The van der Waals surface area contributed by atoms with Crippen molar-refractivity contribution in [1.82, 2.24) is 5.32 Å². The number of carbonyl (C=O) groups is 3. The fourth-order valence-electron chi connectivity index (χ4n) is 5.94. The van der Waals surface area contributed by atoms with E-state index in [9.17, 15) is 14.4 Å². The van der Waals surface area contributed by atoms with Crippen LogP contribution in [0.3, 0.4) is 0 Å². The molecule has 2 aliphatic carbocycles. The van der Waals surface area contributed by atoms with Gasteiger partial charge in [0.2, 0.25) is 11.8 Å². The molecule has 2 atom stereocenters. The van der Waals surface area contributed by atoms with E-state index in [2.05, 4.69) is 5.32 Å². The molecule has 0 radical (unpaired) electrons. The molecule has 2 fully saturated rings. The molecule has 2 aromatic carbocycles. The zero-order valence-electron chi connectivity index (χ0n) is 21.2. The van der Waals surface area contributed by atoms with Gasteiger partial charge in [0.05, 0.1) is 11.6 Å². The monoisotopic (exact) mass is 487 g/mol. The molecule has 6 heteroatoms. The summed E-state index contributed by atoms with van der Waals surface area (Å²) in [6, 6.07) is 12.4. The van der Waals surface area contributed by atoms with Crippen molar-refractivity contribution in [1.29, 1.82) is 0 Å². The second kappa shape index (κ2) is 10.5. The van der Waals surface area contributed by atoms with Crippen LogP contribution in [0.4, 0.5) is 11.4 Å². The fraction of sp³-hybridized carbons (Fsp3) is 0.500. The number of benzene rings is 2. The molecule has 3 amide bonds. The minimum absolute atomic E-state index is 0.0918. The van der Waals surface area contributed by atoms with Gasteiger partial charge in [-0.25, -0.2) is 4.90 Å². The van der Waals surface area contributed by atoms with Crippen LogP contribution >= 0.6 is 0 Å². The maximum Gasteiger partial charge on any atom is 0.256 e. The van der Waals surface area contributed by atoms with Crippen LogP contribution in [0.1, 0.15) is 82.6 Å². The number of hydrogen-bond acceptors (Lipinski definition) is 4. The van der Waals surface area contributed by atoms with Crippen LogP contribution in [0, 0.1) is 11.8 Å². The lowest BCUT2D eigenvalue weighted by molar-refractivity contribution is -0.131. The number of nitrogens with one attached hydrogen (secondary N) is 1. The van der Waals surface area contributed by atoms with Gasteiger partial charge in [0.15, 0.2) is 0 Å². The summed E-state index contributed by atoms with van der Waals surface area (Å²) in [6.07, 6.45) is 10.1. The predicted octanol–water partition coefficient (Wildman–Crippen LogP) is 5.56. The fourth-order valence-corrected chi connectivity index (χ4v) is 5.94. The second-order valence-corrected chi connectivity index (χ2v) is 10.9. The molecule has 6 nitrogen and oxygen atoms in total. The minimum atomic E-state index is -0.732. The van der Waals surface area contributed by atoms with E-state index in [-0.39, 0.29) is 17.7 Å². The van der Waals surface area contributed by atoms with Crippen molar-refractivity contribution in [3.8, 4) is 11.1 Å². The Labute approximate surface area is 213 Å². The lowest BCUT2D eigenvalue weighted by atomic mass is 9.85. The zero-order chi connectivity index (χ0) is 25.2. The summed E-state index contributed by atoms with van der Waals surface area (Å²) < 4.78 is 0. The molecule has 190 valence electrons. The highest BCUT2D eigenvalue weighted by Crippen LogP contribution is 2.44. The number of nitrogen functional groups attached to an aromatic ring is 1. The summed E-state index contributed by atoms with van der Waals surface area (Å²) in [5.41, 5.74) is 9.89. The van der Waals surface area contributed by atoms with Crippen LogP contribution in [0.5, 0.6) is 0 Å².